The van der Waals surface area contributed by atoms with E-state index < -0.39 is 22.0 Å². The first-order valence-electron chi connectivity index (χ1n) is 8.22. The standard InChI is InChI=1S/C17H18ClN3O4S2/c1-19-15(22)13-8-10-26-17(13)20-16(23)14-3-2-9-21(14)27(24,25)12-6-4-11(18)5-7-12/h4-8,10,14H,2-3,9H2,1H3,(H,19,22)(H,20,23). The molecule has 0 aliphatic carbocycles. The van der Waals surface area contributed by atoms with Gasteiger partial charge < -0.3 is 10.6 Å². The first kappa shape index (κ1) is 19.8. The highest BCUT2D eigenvalue weighted by molar-refractivity contribution is 7.89. The normalized spacial score (nSPS) is 17.6. The first-order valence-corrected chi connectivity index (χ1v) is 10.9. The predicted molar refractivity (Wildman–Crippen MR) is 105 cm³/mol. The topological polar surface area (TPSA) is 95.6 Å². The minimum absolute atomic E-state index is 0.0915. The zero-order valence-corrected chi connectivity index (χ0v) is 16.8. The fourth-order valence-corrected chi connectivity index (χ4v) is 5.52. The molecule has 0 bridgehead atoms. The number of anilines is 1. The van der Waals surface area contributed by atoms with Crippen LogP contribution in [0.3, 0.4) is 0 Å². The summed E-state index contributed by atoms with van der Waals surface area (Å²) < 4.78 is 27.1. The number of hydrogen-bond acceptors (Lipinski definition) is 5. The summed E-state index contributed by atoms with van der Waals surface area (Å²) in [5.41, 5.74) is 0.348. The lowest BCUT2D eigenvalue weighted by atomic mass is 10.2. The predicted octanol–water partition coefficient (Wildman–Crippen LogP) is 2.55. The van der Waals surface area contributed by atoms with Gasteiger partial charge in [-0.05, 0) is 48.6 Å². The van der Waals surface area contributed by atoms with Gasteiger partial charge in [-0.3, -0.25) is 9.59 Å². The number of amides is 2. The maximum atomic E-state index is 12.9. The van der Waals surface area contributed by atoms with E-state index in [0.717, 1.165) is 0 Å². The lowest BCUT2D eigenvalue weighted by molar-refractivity contribution is -0.119. The third-order valence-electron chi connectivity index (χ3n) is 4.30. The van der Waals surface area contributed by atoms with Crippen LogP contribution < -0.4 is 10.6 Å². The summed E-state index contributed by atoms with van der Waals surface area (Å²) in [5, 5.41) is 7.73. The van der Waals surface area contributed by atoms with Crippen molar-refractivity contribution in [3.63, 3.8) is 0 Å². The minimum atomic E-state index is -3.82. The van der Waals surface area contributed by atoms with E-state index in [2.05, 4.69) is 10.6 Å². The van der Waals surface area contributed by atoms with Gasteiger partial charge in [0.25, 0.3) is 5.91 Å². The molecule has 1 fully saturated rings. The largest absolute Gasteiger partial charge is 0.355 e. The summed E-state index contributed by atoms with van der Waals surface area (Å²) in [7, 11) is -2.32. The molecule has 1 aromatic carbocycles. The highest BCUT2D eigenvalue weighted by Gasteiger charge is 2.39. The third-order valence-corrected chi connectivity index (χ3v) is 7.30. The zero-order chi connectivity index (χ0) is 19.6. The van der Waals surface area contributed by atoms with Crippen molar-refractivity contribution >= 4 is 49.8 Å². The van der Waals surface area contributed by atoms with Crippen LogP contribution in [0.4, 0.5) is 5.00 Å². The molecule has 2 N–H and O–H groups in total. The number of carbonyl (C=O) groups is 2. The molecular weight excluding hydrogens is 410 g/mol. The molecule has 27 heavy (non-hydrogen) atoms. The molecule has 1 aliphatic rings. The Morgan fingerprint density at radius 3 is 2.59 bits per heavy atom. The van der Waals surface area contributed by atoms with Gasteiger partial charge in [-0.2, -0.15) is 4.31 Å². The van der Waals surface area contributed by atoms with Crippen LogP contribution >= 0.6 is 22.9 Å². The summed E-state index contributed by atoms with van der Waals surface area (Å²) in [5.74, 6) is -0.763. The number of nitrogens with one attached hydrogen (secondary N) is 2. The van der Waals surface area contributed by atoms with Crippen LogP contribution in [0.1, 0.15) is 23.2 Å². The second kappa shape index (κ2) is 7.97. The van der Waals surface area contributed by atoms with Gasteiger partial charge in [-0.15, -0.1) is 11.3 Å². The number of hydrogen-bond donors (Lipinski definition) is 2. The van der Waals surface area contributed by atoms with Gasteiger partial charge in [0.1, 0.15) is 11.0 Å². The van der Waals surface area contributed by atoms with Crippen LogP contribution in [-0.4, -0.2) is 44.2 Å². The van der Waals surface area contributed by atoms with Crippen LogP contribution in [0.15, 0.2) is 40.6 Å². The molecule has 1 aromatic heterocycles. The smallest absolute Gasteiger partial charge is 0.254 e. The van der Waals surface area contributed by atoms with E-state index in [1.165, 1.54) is 47.0 Å². The van der Waals surface area contributed by atoms with Crippen molar-refractivity contribution in [2.45, 2.75) is 23.8 Å². The second-order valence-corrected chi connectivity index (χ2v) is 9.20. The molecule has 2 amide bonds. The van der Waals surface area contributed by atoms with Crippen molar-refractivity contribution < 1.29 is 18.0 Å². The number of nitrogens with zero attached hydrogens (tertiary/aromatic N) is 1. The Morgan fingerprint density at radius 2 is 1.93 bits per heavy atom. The van der Waals surface area contributed by atoms with Crippen molar-refractivity contribution in [2.24, 2.45) is 0 Å². The Balaban J connectivity index is 1.82. The molecule has 7 nitrogen and oxygen atoms in total. The summed E-state index contributed by atoms with van der Waals surface area (Å²) in [6.07, 6.45) is 0.997. The number of thiophene rings is 1. The van der Waals surface area contributed by atoms with Crippen LogP contribution in [0.2, 0.25) is 5.02 Å². The molecule has 1 saturated heterocycles. The van der Waals surface area contributed by atoms with Gasteiger partial charge in [0, 0.05) is 18.6 Å². The summed E-state index contributed by atoms with van der Waals surface area (Å²) >= 11 is 7.04. The van der Waals surface area contributed by atoms with Crippen LogP contribution in [-0.2, 0) is 14.8 Å². The lowest BCUT2D eigenvalue weighted by Crippen LogP contribution is -2.43. The first-order chi connectivity index (χ1) is 12.8. The number of rotatable bonds is 5. The highest BCUT2D eigenvalue weighted by atomic mass is 35.5. The maximum absolute atomic E-state index is 12.9. The van der Waals surface area contributed by atoms with Crippen molar-refractivity contribution in [3.05, 3.63) is 46.3 Å². The monoisotopic (exact) mass is 427 g/mol. The van der Waals surface area contributed by atoms with Gasteiger partial charge in [-0.1, -0.05) is 11.6 Å². The Bertz CT molecular complexity index is 957. The van der Waals surface area contributed by atoms with Gasteiger partial charge >= 0.3 is 0 Å². The molecule has 0 saturated carbocycles. The van der Waals surface area contributed by atoms with Crippen LogP contribution in [0.5, 0.6) is 0 Å². The molecule has 1 unspecified atom stereocenters. The molecule has 2 heterocycles. The van der Waals surface area contributed by atoms with E-state index in [-0.39, 0.29) is 17.3 Å². The average molecular weight is 428 g/mol. The fourth-order valence-electron chi connectivity index (χ4n) is 2.95. The number of sulfonamides is 1. The van der Waals surface area contributed by atoms with E-state index in [4.69, 9.17) is 11.6 Å². The van der Waals surface area contributed by atoms with Gasteiger partial charge in [-0.25, -0.2) is 8.42 Å². The second-order valence-electron chi connectivity index (χ2n) is 5.96. The van der Waals surface area contributed by atoms with Crippen LogP contribution in [0.25, 0.3) is 0 Å². The molecule has 1 aliphatic heterocycles. The Hall–Kier alpha value is -1.94. The number of halogens is 1. The van der Waals surface area contributed by atoms with Gasteiger partial charge in [0.2, 0.25) is 15.9 Å². The molecule has 1 atom stereocenters. The van der Waals surface area contributed by atoms with Crippen LogP contribution in [0, 0.1) is 0 Å². The van der Waals surface area contributed by atoms with E-state index in [1.54, 1.807) is 11.4 Å². The molecule has 0 radical (unpaired) electrons. The highest BCUT2D eigenvalue weighted by Crippen LogP contribution is 2.29. The van der Waals surface area contributed by atoms with E-state index in [0.29, 0.717) is 28.4 Å². The van der Waals surface area contributed by atoms with E-state index in [1.807, 2.05) is 0 Å². The quantitative estimate of drug-likeness (QED) is 0.766. The van der Waals surface area contributed by atoms with Crippen molar-refractivity contribution in [1.82, 2.24) is 9.62 Å². The van der Waals surface area contributed by atoms with Crippen molar-refractivity contribution in [1.29, 1.82) is 0 Å². The maximum Gasteiger partial charge on any atom is 0.254 e. The Morgan fingerprint density at radius 1 is 1.22 bits per heavy atom. The zero-order valence-electron chi connectivity index (χ0n) is 14.4. The fraction of sp³-hybridized carbons (Fsp3) is 0.294. The number of benzene rings is 1. The van der Waals surface area contributed by atoms with Crippen molar-refractivity contribution in [3.8, 4) is 0 Å². The average Bonchev–Trinajstić information content (AvgIpc) is 3.31. The lowest BCUT2D eigenvalue weighted by Gasteiger charge is -2.23. The molecule has 2 aromatic rings. The van der Waals surface area contributed by atoms with Gasteiger partial charge in [0.15, 0.2) is 0 Å². The molecule has 3 rings (SSSR count). The summed E-state index contributed by atoms with van der Waals surface area (Å²) in [6, 6.07) is 6.63. The Labute approximate surface area is 166 Å². The van der Waals surface area contributed by atoms with Gasteiger partial charge in [0.05, 0.1) is 10.5 Å². The summed E-state index contributed by atoms with van der Waals surface area (Å²) in [6.45, 7) is 0.260. The SMILES string of the molecule is CNC(=O)c1ccsc1NC(=O)C1CCCN1S(=O)(=O)c1ccc(Cl)cc1. The number of carbonyl (C=O) groups excluding carboxylic acids is 2. The molecule has 0 spiro atoms. The third kappa shape index (κ3) is 4.01. The molecule has 10 heteroatoms. The van der Waals surface area contributed by atoms with Crippen molar-refractivity contribution in [2.75, 3.05) is 18.9 Å². The summed E-state index contributed by atoms with van der Waals surface area (Å²) in [4.78, 5) is 24.7. The molecular formula is C17H18ClN3O4S2. The molecule has 144 valence electrons. The van der Waals surface area contributed by atoms with E-state index >= 15 is 0 Å². The minimum Gasteiger partial charge on any atom is -0.355 e. The Kier molecular flexibility index (Phi) is 5.85. The van der Waals surface area contributed by atoms with E-state index in [9.17, 15) is 18.0 Å².